The number of hydroxylamine groups is 2. The number of likely N-dealkylation sites (N-methyl/N-ethyl adjacent to an activating group) is 1. The highest BCUT2D eigenvalue weighted by Crippen LogP contribution is 2.23. The molecule has 2 heterocycles. The molecule has 0 saturated carbocycles. The third-order valence-electron chi connectivity index (χ3n) is 4.44. The second-order valence-electron chi connectivity index (χ2n) is 6.13. The van der Waals surface area contributed by atoms with Gasteiger partial charge in [-0.1, -0.05) is 12.1 Å². The van der Waals surface area contributed by atoms with Crippen LogP contribution in [0.4, 0.5) is 5.69 Å². The summed E-state index contributed by atoms with van der Waals surface area (Å²) in [6, 6.07) is 7.95. The molecule has 0 saturated heterocycles. The fraction of sp³-hybridized carbons (Fsp3) is 0.368. The number of nitrogens with zero attached hydrogens (tertiary/aromatic N) is 6. The first-order chi connectivity index (χ1) is 13.5. The molecule has 148 valence electrons. The lowest BCUT2D eigenvalue weighted by Gasteiger charge is -2.24. The molecule has 3 rings (SSSR count). The van der Waals surface area contributed by atoms with E-state index in [9.17, 15) is 4.79 Å². The number of aromatic nitrogens is 4. The van der Waals surface area contributed by atoms with Gasteiger partial charge in [-0.2, -0.15) is 10.2 Å². The molecule has 0 aliphatic rings. The molecule has 0 bridgehead atoms. The molecule has 28 heavy (non-hydrogen) atoms. The summed E-state index contributed by atoms with van der Waals surface area (Å²) in [6.45, 7) is 5.26. The van der Waals surface area contributed by atoms with Gasteiger partial charge in [-0.25, -0.2) is 10.0 Å². The molecule has 0 atom stereocenters. The summed E-state index contributed by atoms with van der Waals surface area (Å²) in [5.74, 6) is 0.657. The third-order valence-corrected chi connectivity index (χ3v) is 4.44. The fourth-order valence-electron chi connectivity index (χ4n) is 2.91. The molecule has 0 fully saturated rings. The van der Waals surface area contributed by atoms with Crippen LogP contribution in [0.1, 0.15) is 29.1 Å². The van der Waals surface area contributed by atoms with Gasteiger partial charge < -0.3 is 9.32 Å². The Kier molecular flexibility index (Phi) is 6.05. The van der Waals surface area contributed by atoms with Crippen molar-refractivity contribution in [2.75, 3.05) is 32.1 Å². The zero-order chi connectivity index (χ0) is 20.1. The van der Waals surface area contributed by atoms with Crippen molar-refractivity contribution in [2.24, 2.45) is 0 Å². The molecule has 0 N–H and O–H groups in total. The van der Waals surface area contributed by atoms with Gasteiger partial charge in [0.15, 0.2) is 11.6 Å². The maximum Gasteiger partial charge on any atom is 0.299 e. The van der Waals surface area contributed by atoms with Crippen LogP contribution in [0.15, 0.2) is 41.1 Å². The fourth-order valence-corrected chi connectivity index (χ4v) is 2.91. The Labute approximate surface area is 163 Å². The Balaban J connectivity index is 1.77. The molecule has 1 aromatic carbocycles. The lowest BCUT2D eigenvalue weighted by Crippen LogP contribution is -2.27. The van der Waals surface area contributed by atoms with Crippen molar-refractivity contribution >= 4 is 11.6 Å². The number of hydrogen-bond donors (Lipinski definition) is 0. The normalized spacial score (nSPS) is 10.9. The number of benzene rings is 1. The highest BCUT2D eigenvalue weighted by molar-refractivity contribution is 5.92. The first kappa shape index (κ1) is 19.6. The first-order valence-corrected chi connectivity index (χ1v) is 9.04. The van der Waals surface area contributed by atoms with E-state index in [1.165, 1.54) is 14.2 Å². The number of hydrogen-bond acceptors (Lipinski definition) is 7. The number of amides is 1. The van der Waals surface area contributed by atoms with Gasteiger partial charge in [0, 0.05) is 26.6 Å². The van der Waals surface area contributed by atoms with Crippen molar-refractivity contribution < 1.29 is 14.0 Å². The lowest BCUT2D eigenvalue weighted by molar-refractivity contribution is -0.0761. The minimum absolute atomic E-state index is 0.267. The maximum absolute atomic E-state index is 12.3. The van der Waals surface area contributed by atoms with Crippen molar-refractivity contribution in [3.63, 3.8) is 0 Å². The van der Waals surface area contributed by atoms with E-state index in [2.05, 4.69) is 27.0 Å². The van der Waals surface area contributed by atoms with Crippen molar-refractivity contribution in [3.8, 4) is 5.69 Å². The van der Waals surface area contributed by atoms with Crippen LogP contribution < -0.4 is 4.90 Å². The molecule has 0 unspecified atom stereocenters. The number of oxazole rings is 1. The summed E-state index contributed by atoms with van der Waals surface area (Å²) in [5, 5.41) is 9.60. The highest BCUT2D eigenvalue weighted by Gasteiger charge is 2.21. The van der Waals surface area contributed by atoms with Crippen LogP contribution >= 0.6 is 0 Å². The van der Waals surface area contributed by atoms with Gasteiger partial charge in [-0.3, -0.25) is 9.63 Å². The van der Waals surface area contributed by atoms with Crippen LogP contribution in [0.2, 0.25) is 0 Å². The minimum atomic E-state index is -0.336. The largest absolute Gasteiger partial charge is 0.445 e. The van der Waals surface area contributed by atoms with E-state index in [0.29, 0.717) is 24.6 Å². The summed E-state index contributed by atoms with van der Waals surface area (Å²) in [5.41, 5.74) is 2.18. The third kappa shape index (κ3) is 4.04. The molecular formula is C19H24N6O3. The van der Waals surface area contributed by atoms with Crippen molar-refractivity contribution in [2.45, 2.75) is 20.3 Å². The van der Waals surface area contributed by atoms with E-state index in [0.717, 1.165) is 23.0 Å². The van der Waals surface area contributed by atoms with E-state index in [-0.39, 0.29) is 11.6 Å². The molecule has 9 nitrogen and oxygen atoms in total. The first-order valence-electron chi connectivity index (χ1n) is 9.04. The molecule has 2 aromatic heterocycles. The number of para-hydroxylation sites is 2. The average Bonchev–Trinajstić information content (AvgIpc) is 3.37. The Hall–Kier alpha value is -3.20. The zero-order valence-corrected chi connectivity index (χ0v) is 16.5. The van der Waals surface area contributed by atoms with Crippen LogP contribution in [-0.4, -0.2) is 58.2 Å². The summed E-state index contributed by atoms with van der Waals surface area (Å²) >= 11 is 0. The Morgan fingerprint density at radius 1 is 1.25 bits per heavy atom. The van der Waals surface area contributed by atoms with E-state index < -0.39 is 0 Å². The van der Waals surface area contributed by atoms with Gasteiger partial charge in [0.25, 0.3) is 5.91 Å². The van der Waals surface area contributed by atoms with Gasteiger partial charge >= 0.3 is 0 Å². The maximum atomic E-state index is 12.3. The number of carbonyl (C=O) groups is 1. The van der Waals surface area contributed by atoms with E-state index in [1.54, 1.807) is 24.1 Å². The molecule has 0 spiro atoms. The second kappa shape index (κ2) is 8.66. The van der Waals surface area contributed by atoms with E-state index >= 15 is 0 Å². The quantitative estimate of drug-likeness (QED) is 0.550. The molecular weight excluding hydrogens is 360 g/mol. The Bertz CT molecular complexity index is 922. The second-order valence-corrected chi connectivity index (χ2v) is 6.13. The Morgan fingerprint density at radius 2 is 1.96 bits per heavy atom. The van der Waals surface area contributed by atoms with Crippen molar-refractivity contribution in [3.05, 3.63) is 54.0 Å². The molecule has 0 aliphatic carbocycles. The van der Waals surface area contributed by atoms with E-state index in [1.807, 2.05) is 24.3 Å². The monoisotopic (exact) mass is 384 g/mol. The number of carbonyl (C=O) groups excluding carboxylic acids is 1. The average molecular weight is 384 g/mol. The Morgan fingerprint density at radius 3 is 2.64 bits per heavy atom. The molecule has 0 aliphatic heterocycles. The molecule has 0 radical (unpaired) electrons. The topological polar surface area (TPSA) is 89.5 Å². The van der Waals surface area contributed by atoms with Crippen LogP contribution in [0, 0.1) is 6.92 Å². The minimum Gasteiger partial charge on any atom is -0.445 e. The van der Waals surface area contributed by atoms with Crippen molar-refractivity contribution in [1.29, 1.82) is 0 Å². The molecule has 3 aromatic rings. The van der Waals surface area contributed by atoms with Crippen LogP contribution in [0.3, 0.4) is 0 Å². The van der Waals surface area contributed by atoms with E-state index in [4.69, 9.17) is 9.25 Å². The van der Waals surface area contributed by atoms with Crippen LogP contribution in [0.25, 0.3) is 5.69 Å². The summed E-state index contributed by atoms with van der Waals surface area (Å²) in [4.78, 5) is 25.3. The standard InChI is InChI=1S/C19H24N6O3/c1-5-24(15-8-6-7-9-16(15)25-20-11-12-21-25)13-10-17-22-18(14(2)28-17)19(26)23(3)27-4/h6-9,11-12H,5,10,13H2,1-4H3. The molecule has 9 heteroatoms. The SMILES string of the molecule is CCN(CCc1nc(C(=O)N(C)OC)c(C)o1)c1ccccc1-n1nccn1. The lowest BCUT2D eigenvalue weighted by atomic mass is 10.2. The number of rotatable bonds is 8. The summed E-state index contributed by atoms with van der Waals surface area (Å²) < 4.78 is 5.69. The molecule has 1 amide bonds. The highest BCUT2D eigenvalue weighted by atomic mass is 16.7. The van der Waals surface area contributed by atoms with Gasteiger partial charge in [-0.05, 0) is 26.0 Å². The number of aryl methyl sites for hydroxylation is 1. The smallest absolute Gasteiger partial charge is 0.299 e. The number of anilines is 1. The zero-order valence-electron chi connectivity index (χ0n) is 16.5. The summed E-state index contributed by atoms with van der Waals surface area (Å²) in [6.07, 6.45) is 3.86. The van der Waals surface area contributed by atoms with Crippen LogP contribution in [-0.2, 0) is 11.3 Å². The summed E-state index contributed by atoms with van der Waals surface area (Å²) in [7, 11) is 2.97. The van der Waals surface area contributed by atoms with Gasteiger partial charge in [0.05, 0.1) is 25.2 Å². The van der Waals surface area contributed by atoms with Gasteiger partial charge in [0.1, 0.15) is 11.4 Å². The van der Waals surface area contributed by atoms with Crippen LogP contribution in [0.5, 0.6) is 0 Å². The van der Waals surface area contributed by atoms with Gasteiger partial charge in [0.2, 0.25) is 0 Å². The predicted molar refractivity (Wildman–Crippen MR) is 103 cm³/mol. The predicted octanol–water partition coefficient (Wildman–Crippen LogP) is 2.27. The van der Waals surface area contributed by atoms with Gasteiger partial charge in [-0.15, -0.1) is 4.80 Å². The van der Waals surface area contributed by atoms with Crippen molar-refractivity contribution in [1.82, 2.24) is 25.0 Å².